The summed E-state index contributed by atoms with van der Waals surface area (Å²) in [5.41, 5.74) is 0.0125. The van der Waals surface area contributed by atoms with Gasteiger partial charge in [-0.2, -0.15) is 13.2 Å². The lowest BCUT2D eigenvalue weighted by Gasteiger charge is -2.24. The molecule has 2 aromatic carbocycles. The van der Waals surface area contributed by atoms with Gasteiger partial charge in [0.05, 0.1) is 17.7 Å². The van der Waals surface area contributed by atoms with Gasteiger partial charge in [-0.05, 0) is 61.4 Å². The molecule has 186 valence electrons. The van der Waals surface area contributed by atoms with Crippen LogP contribution in [-0.4, -0.2) is 24.0 Å². The van der Waals surface area contributed by atoms with E-state index in [-0.39, 0.29) is 17.8 Å². The Hall–Kier alpha value is -3.69. The quantitative estimate of drug-likeness (QED) is 0.359. The molecule has 0 aliphatic rings. The van der Waals surface area contributed by atoms with Gasteiger partial charge >= 0.3 is 6.18 Å². The Morgan fingerprint density at radius 1 is 0.943 bits per heavy atom. The Bertz CT molecular complexity index is 1160. The maximum absolute atomic E-state index is 13.9. The van der Waals surface area contributed by atoms with E-state index >= 15 is 0 Å². The normalized spacial score (nSPS) is 11.3. The molecule has 0 aliphatic carbocycles. The number of halogens is 5. The molecule has 0 saturated heterocycles. The van der Waals surface area contributed by atoms with Crippen LogP contribution in [0, 0.1) is 11.6 Å². The SMILES string of the molecule is CCN(CC)c1nc(NCc2ccc(F)cc2)ccc1NC(=O)Cc1ccc(C(F)(F)F)c(F)c1. The van der Waals surface area contributed by atoms with E-state index in [9.17, 15) is 26.7 Å². The monoisotopic (exact) mass is 492 g/mol. The van der Waals surface area contributed by atoms with Crippen LogP contribution in [0.4, 0.5) is 39.3 Å². The van der Waals surface area contributed by atoms with E-state index in [0.29, 0.717) is 49.1 Å². The lowest BCUT2D eigenvalue weighted by Crippen LogP contribution is -2.26. The first kappa shape index (κ1) is 25.9. The summed E-state index contributed by atoms with van der Waals surface area (Å²) in [5.74, 6) is -1.23. The average Bonchev–Trinajstić information content (AvgIpc) is 2.80. The van der Waals surface area contributed by atoms with Gasteiger partial charge in [-0.25, -0.2) is 13.8 Å². The van der Waals surface area contributed by atoms with Gasteiger partial charge < -0.3 is 15.5 Å². The fraction of sp³-hybridized carbons (Fsp3) is 0.280. The number of pyridine rings is 1. The minimum Gasteiger partial charge on any atom is -0.366 e. The molecule has 0 spiro atoms. The molecule has 5 nitrogen and oxygen atoms in total. The number of benzene rings is 2. The number of hydrogen-bond donors (Lipinski definition) is 2. The molecule has 3 rings (SSSR count). The number of amides is 1. The van der Waals surface area contributed by atoms with Gasteiger partial charge in [0.1, 0.15) is 17.5 Å². The topological polar surface area (TPSA) is 57.3 Å². The van der Waals surface area contributed by atoms with Crippen LogP contribution in [0.3, 0.4) is 0 Å². The van der Waals surface area contributed by atoms with E-state index in [4.69, 9.17) is 0 Å². The Labute approximate surface area is 200 Å². The molecule has 0 bridgehead atoms. The Balaban J connectivity index is 1.75. The predicted molar refractivity (Wildman–Crippen MR) is 125 cm³/mol. The van der Waals surface area contributed by atoms with Crippen LogP contribution in [-0.2, 0) is 23.9 Å². The number of carbonyl (C=O) groups is 1. The summed E-state index contributed by atoms with van der Waals surface area (Å²) < 4.78 is 65.3. The third-order valence-electron chi connectivity index (χ3n) is 5.30. The molecule has 35 heavy (non-hydrogen) atoms. The zero-order valence-corrected chi connectivity index (χ0v) is 19.2. The standard InChI is InChI=1S/C25H25F5N4O/c1-3-34(4-2)24-21(11-12-22(33-24)31-15-16-5-8-18(26)9-6-16)32-23(35)14-17-7-10-19(20(27)13-17)25(28,29)30/h5-13H,3-4,14-15H2,1-2H3,(H,31,33)(H,32,35). The average molecular weight is 492 g/mol. The molecule has 0 radical (unpaired) electrons. The first-order valence-electron chi connectivity index (χ1n) is 11.0. The van der Waals surface area contributed by atoms with Crippen LogP contribution < -0.4 is 15.5 Å². The maximum Gasteiger partial charge on any atom is 0.419 e. The van der Waals surface area contributed by atoms with Crippen molar-refractivity contribution >= 4 is 23.2 Å². The molecule has 0 saturated carbocycles. The van der Waals surface area contributed by atoms with E-state index < -0.39 is 23.5 Å². The smallest absolute Gasteiger partial charge is 0.366 e. The zero-order valence-electron chi connectivity index (χ0n) is 19.2. The van der Waals surface area contributed by atoms with E-state index in [1.54, 1.807) is 24.3 Å². The van der Waals surface area contributed by atoms with E-state index in [1.807, 2.05) is 18.7 Å². The van der Waals surface area contributed by atoms with Crippen LogP contribution in [0.5, 0.6) is 0 Å². The second kappa shape index (κ2) is 11.2. The molecule has 0 unspecified atom stereocenters. The third kappa shape index (κ3) is 6.91. The first-order valence-corrected chi connectivity index (χ1v) is 11.0. The first-order chi connectivity index (χ1) is 16.6. The molecule has 1 amide bonds. The van der Waals surface area contributed by atoms with Crippen molar-refractivity contribution < 1.29 is 26.7 Å². The Morgan fingerprint density at radius 3 is 2.20 bits per heavy atom. The van der Waals surface area contributed by atoms with Gasteiger partial charge in [0, 0.05) is 19.6 Å². The second-order valence-corrected chi connectivity index (χ2v) is 7.76. The second-order valence-electron chi connectivity index (χ2n) is 7.76. The molecule has 1 heterocycles. The van der Waals surface area contributed by atoms with E-state index in [2.05, 4.69) is 15.6 Å². The van der Waals surface area contributed by atoms with Crippen LogP contribution in [0.1, 0.15) is 30.5 Å². The molecule has 0 fully saturated rings. The lowest BCUT2D eigenvalue weighted by atomic mass is 10.1. The number of carbonyl (C=O) groups excluding carboxylic acids is 1. The van der Waals surface area contributed by atoms with Crippen molar-refractivity contribution in [2.75, 3.05) is 28.6 Å². The van der Waals surface area contributed by atoms with Crippen molar-refractivity contribution in [2.45, 2.75) is 33.0 Å². The molecule has 0 atom stereocenters. The van der Waals surface area contributed by atoms with Gasteiger partial charge in [0.15, 0.2) is 5.82 Å². The minimum absolute atomic E-state index is 0.114. The number of nitrogens with zero attached hydrogens (tertiary/aromatic N) is 2. The number of aromatic nitrogens is 1. The van der Waals surface area contributed by atoms with Crippen LogP contribution in [0.2, 0.25) is 0 Å². The largest absolute Gasteiger partial charge is 0.419 e. The molecule has 10 heteroatoms. The van der Waals surface area contributed by atoms with Crippen LogP contribution in [0.15, 0.2) is 54.6 Å². The van der Waals surface area contributed by atoms with Crippen molar-refractivity contribution in [3.8, 4) is 0 Å². The lowest BCUT2D eigenvalue weighted by molar-refractivity contribution is -0.140. The van der Waals surface area contributed by atoms with Gasteiger partial charge in [-0.1, -0.05) is 18.2 Å². The van der Waals surface area contributed by atoms with Gasteiger partial charge in [-0.3, -0.25) is 4.79 Å². The molecular formula is C25H25F5N4O. The summed E-state index contributed by atoms with van der Waals surface area (Å²) in [6.07, 6.45) is -5.11. The van der Waals surface area contributed by atoms with Crippen LogP contribution in [0.25, 0.3) is 0 Å². The number of hydrogen-bond acceptors (Lipinski definition) is 4. The molecule has 3 aromatic rings. The molecular weight excluding hydrogens is 467 g/mol. The number of anilines is 3. The van der Waals surface area contributed by atoms with Crippen molar-refractivity contribution in [1.29, 1.82) is 0 Å². The Morgan fingerprint density at radius 2 is 1.60 bits per heavy atom. The summed E-state index contributed by atoms with van der Waals surface area (Å²) in [4.78, 5) is 19.1. The van der Waals surface area contributed by atoms with Crippen molar-refractivity contribution in [3.05, 3.63) is 82.9 Å². The Kier molecular flexibility index (Phi) is 8.26. The minimum atomic E-state index is -4.80. The third-order valence-corrected chi connectivity index (χ3v) is 5.30. The number of rotatable bonds is 9. The van der Waals surface area contributed by atoms with Crippen LogP contribution >= 0.6 is 0 Å². The highest BCUT2D eigenvalue weighted by Gasteiger charge is 2.34. The highest BCUT2D eigenvalue weighted by molar-refractivity contribution is 5.95. The highest BCUT2D eigenvalue weighted by atomic mass is 19.4. The van der Waals surface area contributed by atoms with Gasteiger partial charge in [-0.15, -0.1) is 0 Å². The van der Waals surface area contributed by atoms with E-state index in [1.165, 1.54) is 12.1 Å². The highest BCUT2D eigenvalue weighted by Crippen LogP contribution is 2.32. The van der Waals surface area contributed by atoms with Crippen molar-refractivity contribution in [3.63, 3.8) is 0 Å². The summed E-state index contributed by atoms with van der Waals surface area (Å²) in [5, 5.41) is 5.88. The fourth-order valence-electron chi connectivity index (χ4n) is 3.48. The van der Waals surface area contributed by atoms with Crippen molar-refractivity contribution in [1.82, 2.24) is 4.98 Å². The van der Waals surface area contributed by atoms with Gasteiger partial charge in [0.25, 0.3) is 0 Å². The molecule has 2 N–H and O–H groups in total. The summed E-state index contributed by atoms with van der Waals surface area (Å²) in [6, 6.07) is 11.8. The molecule has 1 aromatic heterocycles. The van der Waals surface area contributed by atoms with E-state index in [0.717, 1.165) is 11.6 Å². The zero-order chi connectivity index (χ0) is 25.6. The number of alkyl halides is 3. The molecule has 0 aliphatic heterocycles. The number of nitrogens with one attached hydrogen (secondary N) is 2. The maximum atomic E-state index is 13.9. The van der Waals surface area contributed by atoms with Gasteiger partial charge in [0.2, 0.25) is 5.91 Å². The predicted octanol–water partition coefficient (Wildman–Crippen LogP) is 6.02. The summed E-state index contributed by atoms with van der Waals surface area (Å²) in [6.45, 7) is 5.49. The van der Waals surface area contributed by atoms with Crippen molar-refractivity contribution in [2.24, 2.45) is 0 Å². The summed E-state index contributed by atoms with van der Waals surface area (Å²) in [7, 11) is 0. The fourth-order valence-corrected chi connectivity index (χ4v) is 3.48. The summed E-state index contributed by atoms with van der Waals surface area (Å²) >= 11 is 0.